The van der Waals surface area contributed by atoms with Crippen LogP contribution in [0.2, 0.25) is 0 Å². The monoisotopic (exact) mass is 714 g/mol. The van der Waals surface area contributed by atoms with Crippen molar-refractivity contribution in [3.05, 3.63) is 88.0 Å². The molecule has 7 rings (SSSR count). The number of hydrogen-bond acceptors (Lipinski definition) is 10. The van der Waals surface area contributed by atoms with Crippen LogP contribution in [0.4, 0.5) is 0 Å². The molecule has 3 heterocycles. The fourth-order valence-corrected chi connectivity index (χ4v) is 8.06. The Morgan fingerprint density at radius 3 is 2.08 bits per heavy atom. The van der Waals surface area contributed by atoms with Gasteiger partial charge in [0.2, 0.25) is 18.3 Å². The molecular formula is C41H50N2O9. The van der Waals surface area contributed by atoms with E-state index in [1.54, 1.807) is 35.5 Å². The van der Waals surface area contributed by atoms with Gasteiger partial charge in [0.25, 0.3) is 0 Å². The smallest absolute Gasteiger partial charge is 0.231 e. The number of likely N-dealkylation sites (N-methyl/N-ethyl adjacent to an activating group) is 2. The summed E-state index contributed by atoms with van der Waals surface area (Å²) < 4.78 is 47.8. The summed E-state index contributed by atoms with van der Waals surface area (Å²) in [7, 11) is 15.1. The molecule has 0 aromatic heterocycles. The first-order valence-electron chi connectivity index (χ1n) is 17.5. The molecule has 0 radical (unpaired) electrons. The number of rotatable bonds is 11. The van der Waals surface area contributed by atoms with Gasteiger partial charge in [-0.3, -0.25) is 4.90 Å². The van der Waals surface area contributed by atoms with E-state index in [1.165, 1.54) is 27.8 Å². The average Bonchev–Trinajstić information content (AvgIpc) is 3.61. The van der Waals surface area contributed by atoms with Crippen molar-refractivity contribution in [2.24, 2.45) is 0 Å². The van der Waals surface area contributed by atoms with Gasteiger partial charge in [-0.1, -0.05) is 18.2 Å². The van der Waals surface area contributed by atoms with Crippen molar-refractivity contribution in [2.45, 2.75) is 37.8 Å². The molecule has 11 heteroatoms. The van der Waals surface area contributed by atoms with Crippen LogP contribution in [0.5, 0.6) is 51.7 Å². The number of quaternary nitrogens is 1. The third-order valence-electron chi connectivity index (χ3n) is 10.9. The van der Waals surface area contributed by atoms with Crippen molar-refractivity contribution in [3.63, 3.8) is 0 Å². The van der Waals surface area contributed by atoms with E-state index in [9.17, 15) is 0 Å². The minimum Gasteiger partial charge on any atom is -0.870 e. The summed E-state index contributed by atoms with van der Waals surface area (Å²) in [6.07, 6.45) is 3.42. The summed E-state index contributed by atoms with van der Waals surface area (Å²) in [5, 5.41) is 0. The highest BCUT2D eigenvalue weighted by Crippen LogP contribution is 2.50. The first kappa shape index (κ1) is 36.9. The van der Waals surface area contributed by atoms with Crippen LogP contribution in [0.15, 0.2) is 54.6 Å². The molecule has 3 aliphatic heterocycles. The summed E-state index contributed by atoms with van der Waals surface area (Å²) in [5.41, 5.74) is 7.18. The molecule has 1 N–H and O–H groups in total. The molecule has 0 aliphatic carbocycles. The minimum atomic E-state index is 0. The highest BCUT2D eigenvalue weighted by molar-refractivity contribution is 5.62. The molecule has 4 aromatic rings. The molecular weight excluding hydrogens is 664 g/mol. The topological polar surface area (TPSA) is 107 Å². The summed E-state index contributed by atoms with van der Waals surface area (Å²) >= 11 is 0. The molecule has 0 bridgehead atoms. The Bertz CT molecular complexity index is 1910. The van der Waals surface area contributed by atoms with E-state index in [2.05, 4.69) is 62.4 Å². The van der Waals surface area contributed by atoms with E-state index in [-0.39, 0.29) is 24.4 Å². The number of hydrogen-bond donors (Lipinski definition) is 0. The summed E-state index contributed by atoms with van der Waals surface area (Å²) in [6, 6.07) is 19.2. The van der Waals surface area contributed by atoms with E-state index < -0.39 is 0 Å². The number of fused-ring (bicyclic) bond motifs is 3. The maximum Gasteiger partial charge on any atom is 0.231 e. The minimum absolute atomic E-state index is 0. The Balaban J connectivity index is 0.00000464. The standard InChI is InChI=1S/C41H49N2O8.H2O/c1-42-17-15-28-30(22-37-41(39(28)47-7)50-24-49-37)32(42)19-25-9-12-27(13-10-25)51-35-21-26(11-14-34(35)44-4)20-33-31-23-36(45-5)40(48-8)38(46-6)29(31)16-18-43(33,2)3;/h9-14,21-23,32-33H,15-20,24H2,1-8H3;1H2/q+1;/p-1. The van der Waals surface area contributed by atoms with Gasteiger partial charge in [-0.05, 0) is 73.0 Å². The second kappa shape index (κ2) is 15.0. The number of methoxy groups -OCH3 is 5. The van der Waals surface area contributed by atoms with Crippen molar-refractivity contribution >= 4 is 0 Å². The number of nitrogens with zero attached hydrogens (tertiary/aromatic N) is 2. The molecule has 3 aliphatic rings. The predicted octanol–water partition coefficient (Wildman–Crippen LogP) is 6.76. The zero-order valence-corrected chi connectivity index (χ0v) is 31.4. The third kappa shape index (κ3) is 6.64. The fraction of sp³-hybridized carbons (Fsp3) is 0.415. The maximum atomic E-state index is 6.51. The second-order valence-corrected chi connectivity index (χ2v) is 14.1. The molecule has 0 amide bonds. The molecule has 4 aromatic carbocycles. The lowest BCUT2D eigenvalue weighted by Crippen LogP contribution is -2.48. The molecule has 2 unspecified atom stereocenters. The molecule has 0 fully saturated rings. The first-order valence-corrected chi connectivity index (χ1v) is 17.5. The highest BCUT2D eigenvalue weighted by Gasteiger charge is 2.39. The van der Waals surface area contributed by atoms with Gasteiger partial charge in [-0.15, -0.1) is 0 Å². The van der Waals surface area contributed by atoms with Crippen molar-refractivity contribution in [1.29, 1.82) is 0 Å². The van der Waals surface area contributed by atoms with Crippen LogP contribution in [-0.4, -0.2) is 91.4 Å². The van der Waals surface area contributed by atoms with E-state index in [1.807, 2.05) is 18.2 Å². The maximum absolute atomic E-state index is 6.51. The number of benzene rings is 4. The zero-order chi connectivity index (χ0) is 35.9. The second-order valence-electron chi connectivity index (χ2n) is 14.1. The Kier molecular flexibility index (Phi) is 10.7. The molecule has 11 nitrogen and oxygen atoms in total. The van der Waals surface area contributed by atoms with Gasteiger partial charge in [0.05, 0.1) is 56.2 Å². The summed E-state index contributed by atoms with van der Waals surface area (Å²) in [6.45, 7) is 2.12. The van der Waals surface area contributed by atoms with Crippen LogP contribution in [0.1, 0.15) is 45.5 Å². The van der Waals surface area contributed by atoms with E-state index in [4.69, 9.17) is 37.9 Å². The van der Waals surface area contributed by atoms with Crippen LogP contribution >= 0.6 is 0 Å². The summed E-state index contributed by atoms with van der Waals surface area (Å²) in [5.74, 6) is 6.44. The van der Waals surface area contributed by atoms with E-state index in [0.29, 0.717) is 28.7 Å². The van der Waals surface area contributed by atoms with E-state index >= 15 is 0 Å². The van der Waals surface area contributed by atoms with Gasteiger partial charge < -0.3 is 47.9 Å². The lowest BCUT2D eigenvalue weighted by Gasteiger charge is -2.43. The summed E-state index contributed by atoms with van der Waals surface area (Å²) in [4.78, 5) is 2.40. The van der Waals surface area contributed by atoms with Gasteiger partial charge in [0, 0.05) is 42.1 Å². The Morgan fingerprint density at radius 1 is 0.692 bits per heavy atom. The van der Waals surface area contributed by atoms with E-state index in [0.717, 1.165) is 71.8 Å². The van der Waals surface area contributed by atoms with Gasteiger partial charge in [0.15, 0.2) is 34.5 Å². The molecule has 0 saturated carbocycles. The van der Waals surface area contributed by atoms with Crippen LogP contribution in [0.25, 0.3) is 0 Å². The lowest BCUT2D eigenvalue weighted by molar-refractivity contribution is -0.923. The Morgan fingerprint density at radius 2 is 1.38 bits per heavy atom. The predicted molar refractivity (Wildman–Crippen MR) is 197 cm³/mol. The van der Waals surface area contributed by atoms with Crippen molar-refractivity contribution < 1.29 is 47.9 Å². The average molecular weight is 715 g/mol. The molecule has 278 valence electrons. The van der Waals surface area contributed by atoms with Crippen molar-refractivity contribution in [3.8, 4) is 51.7 Å². The zero-order valence-electron chi connectivity index (χ0n) is 31.4. The van der Waals surface area contributed by atoms with Gasteiger partial charge in [-0.25, -0.2) is 0 Å². The van der Waals surface area contributed by atoms with Gasteiger partial charge in [0.1, 0.15) is 11.8 Å². The van der Waals surface area contributed by atoms with Crippen LogP contribution in [0, 0.1) is 0 Å². The fourth-order valence-electron chi connectivity index (χ4n) is 8.06. The third-order valence-corrected chi connectivity index (χ3v) is 10.9. The number of ether oxygens (including phenoxy) is 8. The molecule has 2 atom stereocenters. The first-order chi connectivity index (χ1) is 24.7. The van der Waals surface area contributed by atoms with Crippen molar-refractivity contribution in [1.82, 2.24) is 4.90 Å². The molecule has 52 heavy (non-hydrogen) atoms. The normalized spacial score (nSPS) is 18.4. The van der Waals surface area contributed by atoms with Crippen LogP contribution in [-0.2, 0) is 25.7 Å². The van der Waals surface area contributed by atoms with Crippen LogP contribution < -0.4 is 37.9 Å². The SMILES string of the molecule is COc1ccc(CC2c3cc(OC)c(OC)c(OC)c3CC[N+]2(C)C)cc1Oc1ccc(CC2c3cc4c(c(OC)c3CCN2C)OCO4)cc1.[OH-]. The van der Waals surface area contributed by atoms with Crippen LogP contribution in [0.3, 0.4) is 0 Å². The Labute approximate surface area is 306 Å². The van der Waals surface area contributed by atoms with Gasteiger partial charge >= 0.3 is 0 Å². The molecule has 0 spiro atoms. The highest BCUT2D eigenvalue weighted by atomic mass is 16.7. The van der Waals surface area contributed by atoms with Gasteiger partial charge in [-0.2, -0.15) is 0 Å². The largest absolute Gasteiger partial charge is 0.870 e. The lowest BCUT2D eigenvalue weighted by atomic mass is 9.86. The molecule has 0 saturated heterocycles. The quantitative estimate of drug-likeness (QED) is 0.155. The Hall–Kier alpha value is -4.84. The van der Waals surface area contributed by atoms with Crippen molar-refractivity contribution in [2.75, 3.05) is 76.6 Å².